The van der Waals surface area contributed by atoms with Crippen LogP contribution in [0.25, 0.3) is 0 Å². The Labute approximate surface area is 106 Å². The van der Waals surface area contributed by atoms with Gasteiger partial charge in [-0.25, -0.2) is 0 Å². The number of likely N-dealkylation sites (tertiary alicyclic amines) is 1. The van der Waals surface area contributed by atoms with E-state index in [9.17, 15) is 0 Å². The quantitative estimate of drug-likeness (QED) is 0.787. The molecule has 4 aliphatic rings. The SMILES string of the molecule is CCNCC1CCN(C2CN3CCC2CC3)C1. The molecular weight excluding hydrogens is 210 g/mol. The number of nitrogens with one attached hydrogen (secondary N) is 1. The summed E-state index contributed by atoms with van der Waals surface area (Å²) >= 11 is 0. The van der Waals surface area contributed by atoms with Crippen LogP contribution in [0.4, 0.5) is 0 Å². The predicted octanol–water partition coefficient (Wildman–Crippen LogP) is 1.01. The van der Waals surface area contributed by atoms with Crippen LogP contribution in [0.15, 0.2) is 0 Å². The largest absolute Gasteiger partial charge is 0.317 e. The summed E-state index contributed by atoms with van der Waals surface area (Å²) in [7, 11) is 0. The normalized spacial score (nSPS) is 42.2. The van der Waals surface area contributed by atoms with Gasteiger partial charge in [0.1, 0.15) is 0 Å². The molecule has 4 heterocycles. The Morgan fingerprint density at radius 3 is 2.53 bits per heavy atom. The van der Waals surface area contributed by atoms with Crippen LogP contribution in [0, 0.1) is 11.8 Å². The van der Waals surface area contributed by atoms with Gasteiger partial charge in [-0.05, 0) is 63.8 Å². The van der Waals surface area contributed by atoms with E-state index in [1.165, 1.54) is 58.5 Å². The van der Waals surface area contributed by atoms with Crippen LogP contribution in [-0.2, 0) is 0 Å². The van der Waals surface area contributed by atoms with Crippen molar-refractivity contribution in [2.45, 2.75) is 32.2 Å². The van der Waals surface area contributed by atoms with E-state index < -0.39 is 0 Å². The first-order valence-electron chi connectivity index (χ1n) is 7.54. The Balaban J connectivity index is 1.52. The third-order valence-corrected chi connectivity index (χ3v) is 5.09. The average Bonchev–Trinajstić information content (AvgIpc) is 2.86. The van der Waals surface area contributed by atoms with Crippen molar-refractivity contribution < 1.29 is 0 Å². The van der Waals surface area contributed by atoms with Gasteiger partial charge in [0.05, 0.1) is 0 Å². The van der Waals surface area contributed by atoms with E-state index in [2.05, 4.69) is 22.0 Å². The molecule has 3 heteroatoms. The molecule has 0 saturated carbocycles. The maximum Gasteiger partial charge on any atom is 0.0252 e. The van der Waals surface area contributed by atoms with E-state index in [0.29, 0.717) is 0 Å². The number of nitrogens with zero attached hydrogens (tertiary/aromatic N) is 2. The van der Waals surface area contributed by atoms with Crippen molar-refractivity contribution in [1.29, 1.82) is 0 Å². The molecule has 4 rings (SSSR count). The summed E-state index contributed by atoms with van der Waals surface area (Å²) in [5, 5.41) is 3.51. The van der Waals surface area contributed by atoms with E-state index >= 15 is 0 Å². The number of piperidine rings is 3. The van der Waals surface area contributed by atoms with E-state index in [1.54, 1.807) is 0 Å². The number of rotatable bonds is 4. The molecule has 0 amide bonds. The molecule has 0 aromatic heterocycles. The molecule has 0 aliphatic carbocycles. The van der Waals surface area contributed by atoms with Crippen LogP contribution in [-0.4, -0.2) is 61.7 Å². The second-order valence-electron chi connectivity index (χ2n) is 6.16. The zero-order valence-corrected chi connectivity index (χ0v) is 11.2. The van der Waals surface area contributed by atoms with Gasteiger partial charge >= 0.3 is 0 Å². The van der Waals surface area contributed by atoms with Crippen LogP contribution < -0.4 is 5.32 Å². The molecule has 4 saturated heterocycles. The van der Waals surface area contributed by atoms with Gasteiger partial charge in [0.15, 0.2) is 0 Å². The van der Waals surface area contributed by atoms with Crippen molar-refractivity contribution in [2.75, 3.05) is 45.8 Å². The Kier molecular flexibility index (Phi) is 3.69. The lowest BCUT2D eigenvalue weighted by Gasteiger charge is -2.48. The molecule has 2 unspecified atom stereocenters. The van der Waals surface area contributed by atoms with Crippen molar-refractivity contribution in [3.8, 4) is 0 Å². The average molecular weight is 237 g/mol. The highest BCUT2D eigenvalue weighted by Crippen LogP contribution is 2.33. The predicted molar refractivity (Wildman–Crippen MR) is 71.2 cm³/mol. The Hall–Kier alpha value is -0.120. The minimum atomic E-state index is 0.893. The zero-order valence-electron chi connectivity index (χ0n) is 11.2. The zero-order chi connectivity index (χ0) is 11.7. The van der Waals surface area contributed by atoms with Gasteiger partial charge in [-0.2, -0.15) is 0 Å². The van der Waals surface area contributed by atoms with Gasteiger partial charge < -0.3 is 10.2 Å². The van der Waals surface area contributed by atoms with Crippen LogP contribution in [0.5, 0.6) is 0 Å². The van der Waals surface area contributed by atoms with Crippen LogP contribution in [0.3, 0.4) is 0 Å². The van der Waals surface area contributed by atoms with E-state index in [-0.39, 0.29) is 0 Å². The van der Waals surface area contributed by atoms with Gasteiger partial charge in [0.25, 0.3) is 0 Å². The fourth-order valence-corrected chi connectivity index (χ4v) is 4.03. The number of hydrogen-bond donors (Lipinski definition) is 1. The van der Waals surface area contributed by atoms with E-state index in [1.807, 2.05) is 0 Å². The topological polar surface area (TPSA) is 18.5 Å². The Bertz CT molecular complexity index is 248. The molecule has 4 fully saturated rings. The summed E-state index contributed by atoms with van der Waals surface area (Å²) < 4.78 is 0. The lowest BCUT2D eigenvalue weighted by Crippen LogP contribution is -2.56. The van der Waals surface area contributed by atoms with Gasteiger partial charge in [-0.3, -0.25) is 4.90 Å². The first kappa shape index (κ1) is 11.9. The molecule has 0 spiro atoms. The Morgan fingerprint density at radius 2 is 1.88 bits per heavy atom. The van der Waals surface area contributed by atoms with Gasteiger partial charge in [0, 0.05) is 19.1 Å². The third-order valence-electron chi connectivity index (χ3n) is 5.09. The summed E-state index contributed by atoms with van der Waals surface area (Å²) in [5.41, 5.74) is 0. The van der Waals surface area contributed by atoms with Gasteiger partial charge in [-0.1, -0.05) is 6.92 Å². The third kappa shape index (κ3) is 2.51. The monoisotopic (exact) mass is 237 g/mol. The highest BCUT2D eigenvalue weighted by atomic mass is 15.3. The molecule has 3 nitrogen and oxygen atoms in total. The van der Waals surface area contributed by atoms with Crippen LogP contribution >= 0.6 is 0 Å². The molecule has 2 bridgehead atoms. The molecule has 98 valence electrons. The standard InChI is InChI=1S/C14H27N3/c1-2-15-9-12-3-8-17(10-12)14-11-16-6-4-13(14)5-7-16/h12-15H,2-11H2,1H3. The molecule has 2 atom stereocenters. The van der Waals surface area contributed by atoms with Crippen LogP contribution in [0.2, 0.25) is 0 Å². The molecular formula is C14H27N3. The highest BCUT2D eigenvalue weighted by molar-refractivity contribution is 4.94. The van der Waals surface area contributed by atoms with Crippen LogP contribution in [0.1, 0.15) is 26.2 Å². The minimum Gasteiger partial charge on any atom is -0.317 e. The second-order valence-corrected chi connectivity index (χ2v) is 6.16. The highest BCUT2D eigenvalue weighted by Gasteiger charge is 2.39. The second kappa shape index (κ2) is 5.25. The lowest BCUT2D eigenvalue weighted by molar-refractivity contribution is 0.0142. The van der Waals surface area contributed by atoms with E-state index in [0.717, 1.165) is 24.4 Å². The molecule has 0 aromatic rings. The van der Waals surface area contributed by atoms with Crippen molar-refractivity contribution in [3.05, 3.63) is 0 Å². The first-order valence-corrected chi connectivity index (χ1v) is 7.54. The van der Waals surface area contributed by atoms with Crippen molar-refractivity contribution >= 4 is 0 Å². The fourth-order valence-electron chi connectivity index (χ4n) is 4.03. The maximum absolute atomic E-state index is 3.51. The summed E-state index contributed by atoms with van der Waals surface area (Å²) in [5.74, 6) is 1.92. The first-order chi connectivity index (χ1) is 8.36. The van der Waals surface area contributed by atoms with Gasteiger partial charge in [-0.15, -0.1) is 0 Å². The minimum absolute atomic E-state index is 0.893. The van der Waals surface area contributed by atoms with Gasteiger partial charge in [0.2, 0.25) is 0 Å². The maximum atomic E-state index is 3.51. The fraction of sp³-hybridized carbons (Fsp3) is 1.00. The Morgan fingerprint density at radius 1 is 1.06 bits per heavy atom. The summed E-state index contributed by atoms with van der Waals surface area (Å²) in [4.78, 5) is 5.49. The molecule has 1 N–H and O–H groups in total. The number of fused-ring (bicyclic) bond motifs is 3. The summed E-state index contributed by atoms with van der Waals surface area (Å²) in [6, 6.07) is 0.893. The molecule has 0 radical (unpaired) electrons. The van der Waals surface area contributed by atoms with Crippen molar-refractivity contribution in [3.63, 3.8) is 0 Å². The number of hydrogen-bond acceptors (Lipinski definition) is 3. The van der Waals surface area contributed by atoms with E-state index in [4.69, 9.17) is 0 Å². The summed E-state index contributed by atoms with van der Waals surface area (Å²) in [6.07, 6.45) is 4.33. The lowest BCUT2D eigenvalue weighted by atomic mass is 9.83. The smallest absolute Gasteiger partial charge is 0.0252 e. The molecule has 4 aliphatic heterocycles. The molecule has 0 aromatic carbocycles. The summed E-state index contributed by atoms with van der Waals surface area (Å²) in [6.45, 7) is 11.4. The molecule has 17 heavy (non-hydrogen) atoms. The van der Waals surface area contributed by atoms with Crippen molar-refractivity contribution in [2.24, 2.45) is 11.8 Å². The van der Waals surface area contributed by atoms with Crippen molar-refractivity contribution in [1.82, 2.24) is 15.1 Å².